The fourth-order valence-corrected chi connectivity index (χ4v) is 1.86. The first kappa shape index (κ1) is 15.2. The maximum absolute atomic E-state index is 11.9. The second kappa shape index (κ2) is 6.93. The summed E-state index contributed by atoms with van der Waals surface area (Å²) < 4.78 is 0. The predicted octanol–water partition coefficient (Wildman–Crippen LogP) is -0.529. The standard InChI is InChI=1S/C11H18N2O6/c14-5-4-13(7-2-1-3-7)11(19)12-8(10(17)18)6-9(15)16/h7-8,14H,1-6H2,(H,12,19)(H,15,16)(H,17,18)/t8-/m1/s1. The van der Waals surface area contributed by atoms with Gasteiger partial charge >= 0.3 is 18.0 Å². The molecule has 19 heavy (non-hydrogen) atoms. The number of rotatable bonds is 7. The number of nitrogens with one attached hydrogen (secondary N) is 1. The first-order chi connectivity index (χ1) is 8.95. The van der Waals surface area contributed by atoms with Crippen molar-refractivity contribution in [3.8, 4) is 0 Å². The van der Waals surface area contributed by atoms with Crippen LogP contribution in [-0.4, -0.2) is 63.4 Å². The maximum atomic E-state index is 11.9. The Morgan fingerprint density at radius 2 is 1.89 bits per heavy atom. The highest BCUT2D eigenvalue weighted by molar-refractivity contribution is 5.86. The van der Waals surface area contributed by atoms with Crippen molar-refractivity contribution in [3.05, 3.63) is 0 Å². The van der Waals surface area contributed by atoms with Crippen LogP contribution >= 0.6 is 0 Å². The number of carbonyl (C=O) groups excluding carboxylic acids is 1. The minimum Gasteiger partial charge on any atom is -0.481 e. The number of aliphatic carboxylic acids is 2. The molecule has 0 bridgehead atoms. The third-order valence-electron chi connectivity index (χ3n) is 3.09. The summed E-state index contributed by atoms with van der Waals surface area (Å²) in [5.41, 5.74) is 0. The Bertz CT molecular complexity index is 355. The van der Waals surface area contributed by atoms with Crippen LogP contribution in [0.25, 0.3) is 0 Å². The lowest BCUT2D eigenvalue weighted by molar-refractivity contribution is -0.145. The van der Waals surface area contributed by atoms with E-state index in [1.165, 1.54) is 4.90 Å². The van der Waals surface area contributed by atoms with E-state index in [1.807, 2.05) is 0 Å². The molecule has 0 aliphatic heterocycles. The largest absolute Gasteiger partial charge is 0.481 e. The fraction of sp³-hybridized carbons (Fsp3) is 0.727. The number of urea groups is 1. The molecule has 1 aliphatic rings. The van der Waals surface area contributed by atoms with Crippen molar-refractivity contribution >= 4 is 18.0 Å². The van der Waals surface area contributed by atoms with Crippen molar-refractivity contribution in [2.24, 2.45) is 0 Å². The molecule has 0 aromatic heterocycles. The van der Waals surface area contributed by atoms with E-state index in [9.17, 15) is 14.4 Å². The normalized spacial score (nSPS) is 16.3. The number of aliphatic hydroxyl groups is 1. The lowest BCUT2D eigenvalue weighted by atomic mass is 9.91. The number of hydrogen-bond donors (Lipinski definition) is 4. The molecule has 1 aliphatic carbocycles. The summed E-state index contributed by atoms with van der Waals surface area (Å²) >= 11 is 0. The van der Waals surface area contributed by atoms with E-state index in [2.05, 4.69) is 5.32 Å². The minimum absolute atomic E-state index is 0.00794. The van der Waals surface area contributed by atoms with E-state index in [0.29, 0.717) is 0 Å². The molecule has 0 saturated heterocycles. The van der Waals surface area contributed by atoms with Gasteiger partial charge in [0.15, 0.2) is 0 Å². The molecular weight excluding hydrogens is 256 g/mol. The number of nitrogens with zero attached hydrogens (tertiary/aromatic N) is 1. The average Bonchev–Trinajstić information content (AvgIpc) is 2.24. The predicted molar refractivity (Wildman–Crippen MR) is 63.6 cm³/mol. The summed E-state index contributed by atoms with van der Waals surface area (Å²) in [5.74, 6) is -2.70. The summed E-state index contributed by atoms with van der Waals surface area (Å²) in [7, 11) is 0. The van der Waals surface area contributed by atoms with Crippen molar-refractivity contribution in [1.82, 2.24) is 10.2 Å². The van der Waals surface area contributed by atoms with Gasteiger partial charge in [0.1, 0.15) is 6.04 Å². The molecule has 1 rings (SSSR count). The van der Waals surface area contributed by atoms with Gasteiger partial charge in [-0.1, -0.05) is 0 Å². The zero-order valence-corrected chi connectivity index (χ0v) is 10.4. The van der Waals surface area contributed by atoms with E-state index in [1.54, 1.807) is 0 Å². The van der Waals surface area contributed by atoms with Gasteiger partial charge in [0.25, 0.3) is 0 Å². The topological polar surface area (TPSA) is 127 Å². The Labute approximate surface area is 110 Å². The van der Waals surface area contributed by atoms with Gasteiger partial charge in [0.05, 0.1) is 13.0 Å². The second-order valence-corrected chi connectivity index (χ2v) is 4.44. The third kappa shape index (κ3) is 4.40. The summed E-state index contributed by atoms with van der Waals surface area (Å²) in [6.45, 7) is -0.115. The Morgan fingerprint density at radius 1 is 1.26 bits per heavy atom. The van der Waals surface area contributed by atoms with Crippen molar-refractivity contribution in [3.63, 3.8) is 0 Å². The van der Waals surface area contributed by atoms with Gasteiger partial charge in [-0.15, -0.1) is 0 Å². The molecule has 8 nitrogen and oxygen atoms in total. The molecule has 0 aromatic carbocycles. The van der Waals surface area contributed by atoms with E-state index in [4.69, 9.17) is 15.3 Å². The summed E-state index contributed by atoms with van der Waals surface area (Å²) in [4.78, 5) is 34.7. The number of aliphatic hydroxyl groups excluding tert-OH is 1. The lowest BCUT2D eigenvalue weighted by Gasteiger charge is -2.37. The van der Waals surface area contributed by atoms with Crippen LogP contribution in [0, 0.1) is 0 Å². The highest BCUT2D eigenvalue weighted by atomic mass is 16.4. The smallest absolute Gasteiger partial charge is 0.326 e. The average molecular weight is 274 g/mol. The van der Waals surface area contributed by atoms with Crippen molar-refractivity contribution < 1.29 is 29.7 Å². The zero-order valence-electron chi connectivity index (χ0n) is 10.4. The van der Waals surface area contributed by atoms with E-state index in [0.717, 1.165) is 19.3 Å². The van der Waals surface area contributed by atoms with Crippen LogP contribution in [0.1, 0.15) is 25.7 Å². The minimum atomic E-state index is -1.47. The Kier molecular flexibility index (Phi) is 5.56. The summed E-state index contributed by atoms with van der Waals surface area (Å²) in [5, 5.41) is 28.5. The molecule has 0 unspecified atom stereocenters. The molecule has 0 heterocycles. The number of carboxylic acid groups (broad SMARTS) is 2. The molecule has 8 heteroatoms. The number of carboxylic acids is 2. The molecule has 108 valence electrons. The second-order valence-electron chi connectivity index (χ2n) is 4.44. The summed E-state index contributed by atoms with van der Waals surface area (Å²) in [6, 6.07) is -2.12. The molecule has 2 amide bonds. The monoisotopic (exact) mass is 274 g/mol. The third-order valence-corrected chi connectivity index (χ3v) is 3.09. The molecule has 1 fully saturated rings. The van der Waals surface area contributed by atoms with Crippen LogP contribution in [0.3, 0.4) is 0 Å². The van der Waals surface area contributed by atoms with Gasteiger partial charge in [-0.2, -0.15) is 0 Å². The number of carbonyl (C=O) groups is 3. The van der Waals surface area contributed by atoms with Gasteiger partial charge in [0.2, 0.25) is 0 Å². The Morgan fingerprint density at radius 3 is 2.26 bits per heavy atom. The molecular formula is C11H18N2O6. The number of amides is 2. The van der Waals surface area contributed by atoms with E-state index < -0.39 is 30.4 Å². The Balaban J connectivity index is 2.61. The highest BCUT2D eigenvalue weighted by Crippen LogP contribution is 2.24. The summed E-state index contributed by atoms with van der Waals surface area (Å²) in [6.07, 6.45) is 1.92. The number of hydrogen-bond acceptors (Lipinski definition) is 4. The van der Waals surface area contributed by atoms with E-state index in [-0.39, 0.29) is 19.2 Å². The lowest BCUT2D eigenvalue weighted by Crippen LogP contribution is -2.54. The van der Waals surface area contributed by atoms with Crippen LogP contribution in [0.4, 0.5) is 4.79 Å². The van der Waals surface area contributed by atoms with Crippen LogP contribution in [-0.2, 0) is 9.59 Å². The van der Waals surface area contributed by atoms with Crippen LogP contribution in [0.5, 0.6) is 0 Å². The molecule has 0 radical (unpaired) electrons. The molecule has 1 saturated carbocycles. The van der Waals surface area contributed by atoms with Crippen LogP contribution < -0.4 is 5.32 Å². The molecule has 0 aromatic rings. The van der Waals surface area contributed by atoms with Gasteiger partial charge in [-0.25, -0.2) is 9.59 Å². The molecule has 1 atom stereocenters. The highest BCUT2D eigenvalue weighted by Gasteiger charge is 2.31. The SMILES string of the molecule is O=C(O)C[C@@H](NC(=O)N(CCO)C1CCC1)C(=O)O. The van der Waals surface area contributed by atoms with Crippen molar-refractivity contribution in [2.75, 3.05) is 13.2 Å². The zero-order chi connectivity index (χ0) is 14.4. The van der Waals surface area contributed by atoms with Crippen molar-refractivity contribution in [2.45, 2.75) is 37.8 Å². The first-order valence-electron chi connectivity index (χ1n) is 6.08. The maximum Gasteiger partial charge on any atom is 0.326 e. The fourth-order valence-electron chi connectivity index (χ4n) is 1.86. The Hall–Kier alpha value is -1.83. The van der Waals surface area contributed by atoms with E-state index >= 15 is 0 Å². The van der Waals surface area contributed by atoms with Crippen molar-refractivity contribution in [1.29, 1.82) is 0 Å². The molecule has 0 spiro atoms. The van der Waals surface area contributed by atoms with Gasteiger partial charge in [-0.3, -0.25) is 4.79 Å². The van der Waals surface area contributed by atoms with Gasteiger partial charge in [-0.05, 0) is 19.3 Å². The van der Waals surface area contributed by atoms with Crippen LogP contribution in [0.2, 0.25) is 0 Å². The quantitative estimate of drug-likeness (QED) is 0.494. The molecule has 4 N–H and O–H groups in total. The van der Waals surface area contributed by atoms with Gasteiger partial charge in [0, 0.05) is 12.6 Å². The van der Waals surface area contributed by atoms with Gasteiger partial charge < -0.3 is 25.5 Å². The van der Waals surface area contributed by atoms with Crippen LogP contribution in [0.15, 0.2) is 0 Å². The first-order valence-corrected chi connectivity index (χ1v) is 6.08.